The molecule has 0 saturated heterocycles. The lowest BCUT2D eigenvalue weighted by Crippen LogP contribution is -2.26. The van der Waals surface area contributed by atoms with Crippen LogP contribution in [-0.4, -0.2) is 41.4 Å². The number of rotatable bonds is 3. The minimum absolute atomic E-state index is 0.290. The smallest absolute Gasteiger partial charge is 0.274 e. The second-order valence-corrected chi connectivity index (χ2v) is 4.17. The summed E-state index contributed by atoms with van der Waals surface area (Å²) >= 11 is 4.59. The molecule has 0 unspecified atom stereocenters. The summed E-state index contributed by atoms with van der Waals surface area (Å²) in [5, 5.41) is 1.66. The van der Waals surface area contributed by atoms with Crippen LogP contribution in [0.4, 0.5) is 0 Å². The summed E-state index contributed by atoms with van der Waals surface area (Å²) in [6, 6.07) is 0. The summed E-state index contributed by atoms with van der Waals surface area (Å²) in [7, 11) is 2.94. The van der Waals surface area contributed by atoms with Crippen molar-refractivity contribution in [3.8, 4) is 0 Å². The van der Waals surface area contributed by atoms with E-state index < -0.39 is 0 Å². The topological polar surface area (TPSA) is 55.3 Å². The molecule has 1 heterocycles. The van der Waals surface area contributed by atoms with E-state index in [0.29, 0.717) is 15.3 Å². The second kappa shape index (κ2) is 5.43. The first-order chi connectivity index (χ1) is 7.10. The Morgan fingerprint density at radius 2 is 2.33 bits per heavy atom. The van der Waals surface area contributed by atoms with Gasteiger partial charge in [-0.25, -0.2) is 15.0 Å². The Morgan fingerprint density at radius 3 is 2.87 bits per heavy atom. The normalized spacial score (nSPS) is 10.1. The summed E-state index contributed by atoms with van der Waals surface area (Å²) in [5.41, 5.74) is 0.290. The molecule has 0 N–H and O–H groups in total. The Labute approximate surface area is 100 Å². The van der Waals surface area contributed by atoms with Gasteiger partial charge in [-0.3, -0.25) is 9.63 Å². The van der Waals surface area contributed by atoms with Crippen molar-refractivity contribution in [1.29, 1.82) is 0 Å². The predicted octanol–water partition coefficient (Wildman–Crippen LogP) is 1.59. The van der Waals surface area contributed by atoms with Crippen LogP contribution in [-0.2, 0) is 4.84 Å². The fourth-order valence-electron chi connectivity index (χ4n) is 0.831. The van der Waals surface area contributed by atoms with Crippen LogP contribution < -0.4 is 0 Å². The second-order valence-electron chi connectivity index (χ2n) is 2.54. The standard InChI is InChI=1S/C8H10BrN3O2S/c1-12(14-2)7(13)6-5(9)4-10-8(11-6)15-3/h4H,1-3H3. The first-order valence-electron chi connectivity index (χ1n) is 3.98. The number of hydrogen-bond donors (Lipinski definition) is 0. The van der Waals surface area contributed by atoms with Gasteiger partial charge in [0.05, 0.1) is 11.6 Å². The Kier molecular flexibility index (Phi) is 4.49. The van der Waals surface area contributed by atoms with E-state index in [9.17, 15) is 4.79 Å². The van der Waals surface area contributed by atoms with Crippen molar-refractivity contribution in [2.75, 3.05) is 20.4 Å². The molecule has 1 aromatic heterocycles. The van der Waals surface area contributed by atoms with Gasteiger partial charge < -0.3 is 0 Å². The summed E-state index contributed by atoms with van der Waals surface area (Å²) in [5.74, 6) is -0.318. The number of amides is 1. The maximum atomic E-state index is 11.7. The molecule has 0 aliphatic heterocycles. The third-order valence-electron chi connectivity index (χ3n) is 1.67. The SMILES string of the molecule is CON(C)C(=O)c1nc(SC)ncc1Br. The molecule has 0 aliphatic carbocycles. The van der Waals surface area contributed by atoms with E-state index in [0.717, 1.165) is 5.06 Å². The Morgan fingerprint density at radius 1 is 1.67 bits per heavy atom. The highest BCUT2D eigenvalue weighted by Gasteiger charge is 2.17. The summed E-state index contributed by atoms with van der Waals surface area (Å²) in [6.07, 6.45) is 3.40. The van der Waals surface area contributed by atoms with Gasteiger partial charge in [-0.1, -0.05) is 11.8 Å². The largest absolute Gasteiger partial charge is 0.297 e. The number of hydroxylamine groups is 2. The van der Waals surface area contributed by atoms with Crippen LogP contribution in [0.5, 0.6) is 0 Å². The van der Waals surface area contributed by atoms with E-state index in [1.165, 1.54) is 25.9 Å². The lowest BCUT2D eigenvalue weighted by molar-refractivity contribution is -0.0761. The zero-order valence-corrected chi connectivity index (χ0v) is 10.9. The van der Waals surface area contributed by atoms with Gasteiger partial charge in [0.1, 0.15) is 5.69 Å². The molecule has 1 aromatic rings. The lowest BCUT2D eigenvalue weighted by Gasteiger charge is -2.13. The van der Waals surface area contributed by atoms with Gasteiger partial charge in [0, 0.05) is 13.2 Å². The molecule has 5 nitrogen and oxygen atoms in total. The van der Waals surface area contributed by atoms with E-state index in [-0.39, 0.29) is 5.91 Å². The zero-order valence-electron chi connectivity index (χ0n) is 8.52. The fraction of sp³-hybridized carbons (Fsp3) is 0.375. The minimum atomic E-state index is -0.318. The highest BCUT2D eigenvalue weighted by atomic mass is 79.9. The van der Waals surface area contributed by atoms with Crippen molar-refractivity contribution in [2.24, 2.45) is 0 Å². The average Bonchev–Trinajstić information content (AvgIpc) is 2.27. The quantitative estimate of drug-likeness (QED) is 0.481. The monoisotopic (exact) mass is 291 g/mol. The average molecular weight is 292 g/mol. The van der Waals surface area contributed by atoms with Crippen molar-refractivity contribution < 1.29 is 9.63 Å². The molecule has 1 rings (SSSR count). The first-order valence-corrected chi connectivity index (χ1v) is 6.00. The van der Waals surface area contributed by atoms with Gasteiger partial charge in [-0.2, -0.15) is 0 Å². The Balaban J connectivity index is 3.07. The zero-order chi connectivity index (χ0) is 11.4. The Bertz CT molecular complexity index is 375. The number of nitrogens with zero attached hydrogens (tertiary/aromatic N) is 3. The van der Waals surface area contributed by atoms with E-state index in [1.54, 1.807) is 6.20 Å². The van der Waals surface area contributed by atoms with Crippen LogP contribution in [0.1, 0.15) is 10.5 Å². The number of aromatic nitrogens is 2. The van der Waals surface area contributed by atoms with Crippen molar-refractivity contribution in [3.63, 3.8) is 0 Å². The number of hydrogen-bond acceptors (Lipinski definition) is 5. The van der Waals surface area contributed by atoms with Gasteiger partial charge in [-0.05, 0) is 22.2 Å². The molecular formula is C8H10BrN3O2S. The van der Waals surface area contributed by atoms with Crippen LogP contribution >= 0.6 is 27.7 Å². The first kappa shape index (κ1) is 12.4. The van der Waals surface area contributed by atoms with Crippen molar-refractivity contribution >= 4 is 33.6 Å². The maximum Gasteiger partial charge on any atom is 0.297 e. The number of carbonyl (C=O) groups is 1. The van der Waals surface area contributed by atoms with Crippen molar-refractivity contribution in [3.05, 3.63) is 16.4 Å². The third kappa shape index (κ3) is 2.90. The van der Waals surface area contributed by atoms with Gasteiger partial charge in [0.2, 0.25) is 0 Å². The molecule has 0 fully saturated rings. The molecule has 0 aliphatic rings. The van der Waals surface area contributed by atoms with Gasteiger partial charge >= 0.3 is 0 Å². The molecule has 0 saturated carbocycles. The molecular weight excluding hydrogens is 282 g/mol. The summed E-state index contributed by atoms with van der Waals surface area (Å²) < 4.78 is 0.550. The number of carbonyl (C=O) groups excluding carboxylic acids is 1. The molecule has 0 atom stereocenters. The molecule has 82 valence electrons. The van der Waals surface area contributed by atoms with E-state index in [1.807, 2.05) is 6.26 Å². The van der Waals surface area contributed by atoms with Crippen LogP contribution in [0, 0.1) is 0 Å². The molecule has 1 amide bonds. The summed E-state index contributed by atoms with van der Waals surface area (Å²) in [4.78, 5) is 24.6. The van der Waals surface area contributed by atoms with Crippen LogP contribution in [0.25, 0.3) is 0 Å². The molecule has 0 spiro atoms. The van der Waals surface area contributed by atoms with Crippen molar-refractivity contribution in [1.82, 2.24) is 15.0 Å². The third-order valence-corrected chi connectivity index (χ3v) is 2.81. The molecule has 0 bridgehead atoms. The van der Waals surface area contributed by atoms with Gasteiger partial charge in [0.15, 0.2) is 5.16 Å². The van der Waals surface area contributed by atoms with Crippen molar-refractivity contribution in [2.45, 2.75) is 5.16 Å². The summed E-state index contributed by atoms with van der Waals surface area (Å²) in [6.45, 7) is 0. The van der Waals surface area contributed by atoms with Gasteiger partial charge in [0.25, 0.3) is 5.91 Å². The fourth-order valence-corrected chi connectivity index (χ4v) is 1.53. The predicted molar refractivity (Wildman–Crippen MR) is 60.6 cm³/mol. The Hall–Kier alpha value is -0.660. The van der Waals surface area contributed by atoms with E-state index in [2.05, 4.69) is 25.9 Å². The number of thioether (sulfide) groups is 1. The van der Waals surface area contributed by atoms with Crippen LogP contribution in [0.15, 0.2) is 15.8 Å². The van der Waals surface area contributed by atoms with E-state index >= 15 is 0 Å². The lowest BCUT2D eigenvalue weighted by atomic mass is 10.4. The number of halogens is 1. The molecule has 0 aromatic carbocycles. The molecule has 15 heavy (non-hydrogen) atoms. The maximum absolute atomic E-state index is 11.7. The van der Waals surface area contributed by atoms with E-state index in [4.69, 9.17) is 4.84 Å². The van der Waals surface area contributed by atoms with Gasteiger partial charge in [-0.15, -0.1) is 0 Å². The van der Waals surface area contributed by atoms with Crippen LogP contribution in [0.3, 0.4) is 0 Å². The highest BCUT2D eigenvalue weighted by molar-refractivity contribution is 9.10. The molecule has 7 heteroatoms. The molecule has 0 radical (unpaired) electrons. The minimum Gasteiger partial charge on any atom is -0.274 e. The highest BCUT2D eigenvalue weighted by Crippen LogP contribution is 2.18. The van der Waals surface area contributed by atoms with Crippen LogP contribution in [0.2, 0.25) is 0 Å².